The fourth-order valence-corrected chi connectivity index (χ4v) is 6.43. The molecule has 0 radical (unpaired) electrons. The van der Waals surface area contributed by atoms with E-state index in [1.807, 2.05) is 19.1 Å². The third-order valence-electron chi connectivity index (χ3n) is 7.65. The number of rotatable bonds is 4. The Labute approximate surface area is 234 Å². The van der Waals surface area contributed by atoms with Crippen molar-refractivity contribution in [1.82, 2.24) is 4.90 Å². The largest absolute Gasteiger partial charge is 0.468 e. The SMILES string of the molecule is COC(=O)CN1C(=O)CC(c2cccc(Cl)c2)C2(C(=O)N(C(=O)O)c3cc(Cl)ccc32)C1c1ccccc1C. The number of carbonyl (C=O) groups is 4. The Morgan fingerprint density at radius 3 is 2.41 bits per heavy atom. The molecule has 3 amide bonds. The van der Waals surface area contributed by atoms with Gasteiger partial charge in [-0.3, -0.25) is 14.4 Å². The summed E-state index contributed by atoms with van der Waals surface area (Å²) in [5, 5.41) is 10.9. The quantitative estimate of drug-likeness (QED) is 0.418. The molecule has 3 unspecified atom stereocenters. The Kier molecular flexibility index (Phi) is 6.86. The first-order chi connectivity index (χ1) is 18.6. The van der Waals surface area contributed by atoms with Gasteiger partial charge in [-0.15, -0.1) is 0 Å². The van der Waals surface area contributed by atoms with Crippen LogP contribution in [-0.2, 0) is 24.5 Å². The number of hydrogen-bond acceptors (Lipinski definition) is 5. The third kappa shape index (κ3) is 4.15. The molecule has 3 aromatic rings. The lowest BCUT2D eigenvalue weighted by atomic mass is 9.58. The number of anilines is 1. The van der Waals surface area contributed by atoms with Gasteiger partial charge < -0.3 is 14.7 Å². The minimum Gasteiger partial charge on any atom is -0.468 e. The van der Waals surface area contributed by atoms with Crippen LogP contribution in [0.5, 0.6) is 0 Å². The zero-order chi connectivity index (χ0) is 28.1. The van der Waals surface area contributed by atoms with E-state index in [0.29, 0.717) is 26.6 Å². The molecule has 39 heavy (non-hydrogen) atoms. The molecule has 1 N–H and O–H groups in total. The highest BCUT2D eigenvalue weighted by atomic mass is 35.5. The Morgan fingerprint density at radius 1 is 1.03 bits per heavy atom. The number of amides is 3. The van der Waals surface area contributed by atoms with Crippen molar-refractivity contribution < 1.29 is 29.0 Å². The number of imide groups is 1. The zero-order valence-electron chi connectivity index (χ0n) is 21.1. The van der Waals surface area contributed by atoms with Crippen LogP contribution in [0.25, 0.3) is 0 Å². The van der Waals surface area contributed by atoms with Crippen molar-refractivity contribution in [2.24, 2.45) is 0 Å². The number of methoxy groups -OCH3 is 1. The number of esters is 1. The Morgan fingerprint density at radius 2 is 1.74 bits per heavy atom. The number of carboxylic acid groups (broad SMARTS) is 1. The number of aryl methyl sites for hydroxylation is 1. The molecular formula is C29H24Cl2N2O6. The molecule has 0 aliphatic carbocycles. The average molecular weight is 567 g/mol. The van der Waals surface area contributed by atoms with Gasteiger partial charge in [-0.1, -0.05) is 65.7 Å². The molecule has 1 saturated heterocycles. The van der Waals surface area contributed by atoms with Crippen molar-refractivity contribution in [2.75, 3.05) is 18.6 Å². The second-order valence-corrected chi connectivity index (χ2v) is 10.5. The summed E-state index contributed by atoms with van der Waals surface area (Å²) in [6, 6.07) is 17.7. The van der Waals surface area contributed by atoms with Gasteiger partial charge in [0.05, 0.1) is 18.8 Å². The monoisotopic (exact) mass is 566 g/mol. The molecule has 200 valence electrons. The van der Waals surface area contributed by atoms with Crippen LogP contribution in [0.1, 0.15) is 40.6 Å². The number of fused-ring (bicyclic) bond motifs is 2. The molecule has 2 aliphatic rings. The van der Waals surface area contributed by atoms with E-state index in [2.05, 4.69) is 0 Å². The highest BCUT2D eigenvalue weighted by Gasteiger charge is 2.66. The first-order valence-corrected chi connectivity index (χ1v) is 12.9. The standard InChI is InChI=1S/C29H24Cl2N2O6/c1-16-6-3-4-9-20(16)26-29(21-11-10-19(31)13-23(21)33(27(29)36)28(37)38)22(17-7-5-8-18(30)12-17)14-24(34)32(26)15-25(35)39-2/h3-13,22,26H,14-15H2,1-2H3,(H,37,38). The molecule has 0 saturated carbocycles. The van der Waals surface area contributed by atoms with Crippen LogP contribution < -0.4 is 4.90 Å². The van der Waals surface area contributed by atoms with Gasteiger partial charge in [0, 0.05) is 22.4 Å². The minimum absolute atomic E-state index is 0.109. The van der Waals surface area contributed by atoms with Gasteiger partial charge in [0.1, 0.15) is 12.0 Å². The Hall–Kier alpha value is -3.88. The van der Waals surface area contributed by atoms with Crippen molar-refractivity contribution >= 4 is 52.8 Å². The lowest BCUT2D eigenvalue weighted by Gasteiger charge is -2.51. The van der Waals surface area contributed by atoms with Crippen molar-refractivity contribution in [1.29, 1.82) is 0 Å². The molecule has 8 nitrogen and oxygen atoms in total. The Bertz CT molecular complexity index is 1530. The van der Waals surface area contributed by atoms with Gasteiger partial charge in [0.15, 0.2) is 0 Å². The predicted molar refractivity (Wildman–Crippen MR) is 145 cm³/mol. The number of halogens is 2. The van der Waals surface area contributed by atoms with Crippen molar-refractivity contribution in [3.8, 4) is 0 Å². The van der Waals surface area contributed by atoms with Crippen LogP contribution in [0.2, 0.25) is 10.0 Å². The summed E-state index contributed by atoms with van der Waals surface area (Å²) >= 11 is 12.7. The zero-order valence-corrected chi connectivity index (χ0v) is 22.6. The molecule has 3 aromatic carbocycles. The number of nitrogens with zero attached hydrogens (tertiary/aromatic N) is 2. The average Bonchev–Trinajstić information content (AvgIpc) is 3.14. The maximum atomic E-state index is 14.7. The van der Waals surface area contributed by atoms with E-state index in [1.54, 1.807) is 48.5 Å². The van der Waals surface area contributed by atoms with Crippen LogP contribution in [-0.4, -0.2) is 47.5 Å². The second kappa shape index (κ2) is 10.0. The van der Waals surface area contributed by atoms with E-state index in [9.17, 15) is 24.3 Å². The number of hydrogen-bond donors (Lipinski definition) is 1. The third-order valence-corrected chi connectivity index (χ3v) is 8.12. The normalized spacial score (nSPS) is 22.3. The van der Waals surface area contributed by atoms with Gasteiger partial charge >= 0.3 is 12.1 Å². The first-order valence-electron chi connectivity index (χ1n) is 12.2. The van der Waals surface area contributed by atoms with E-state index >= 15 is 0 Å². The van der Waals surface area contributed by atoms with E-state index < -0.39 is 41.9 Å². The molecule has 10 heteroatoms. The lowest BCUT2D eigenvalue weighted by Crippen LogP contribution is -2.60. The van der Waals surface area contributed by atoms with E-state index in [1.165, 1.54) is 18.1 Å². The molecule has 0 bridgehead atoms. The van der Waals surface area contributed by atoms with Crippen molar-refractivity contribution in [3.63, 3.8) is 0 Å². The molecule has 3 atom stereocenters. The highest BCUT2D eigenvalue weighted by molar-refractivity contribution is 6.32. The molecule has 2 aliphatic heterocycles. The summed E-state index contributed by atoms with van der Waals surface area (Å²) < 4.78 is 4.91. The number of piperidine rings is 1. The first kappa shape index (κ1) is 26.7. The van der Waals surface area contributed by atoms with Gasteiger partial charge in [-0.2, -0.15) is 0 Å². The van der Waals surface area contributed by atoms with Gasteiger partial charge in [0.2, 0.25) is 11.8 Å². The van der Waals surface area contributed by atoms with Crippen LogP contribution >= 0.6 is 23.2 Å². The van der Waals surface area contributed by atoms with Crippen LogP contribution in [0.15, 0.2) is 66.7 Å². The maximum absolute atomic E-state index is 14.7. The summed E-state index contributed by atoms with van der Waals surface area (Å²) in [5.41, 5.74) is 0.805. The maximum Gasteiger partial charge on any atom is 0.418 e. The van der Waals surface area contributed by atoms with Crippen molar-refractivity contribution in [2.45, 2.75) is 30.7 Å². The Balaban J connectivity index is 1.92. The number of benzene rings is 3. The smallest absolute Gasteiger partial charge is 0.418 e. The number of likely N-dealkylation sites (tertiary alicyclic amines) is 1. The second-order valence-electron chi connectivity index (χ2n) is 9.62. The predicted octanol–water partition coefficient (Wildman–Crippen LogP) is 5.49. The van der Waals surface area contributed by atoms with Crippen LogP contribution in [0, 0.1) is 6.92 Å². The fraction of sp³-hybridized carbons (Fsp3) is 0.241. The molecule has 0 aromatic heterocycles. The fourth-order valence-electron chi connectivity index (χ4n) is 6.07. The highest BCUT2D eigenvalue weighted by Crippen LogP contribution is 2.62. The van der Waals surface area contributed by atoms with Crippen molar-refractivity contribution in [3.05, 3.63) is 99.0 Å². The lowest BCUT2D eigenvalue weighted by molar-refractivity contribution is -0.155. The van der Waals surface area contributed by atoms with Crippen LogP contribution in [0.4, 0.5) is 10.5 Å². The van der Waals surface area contributed by atoms with Crippen LogP contribution in [0.3, 0.4) is 0 Å². The molecular weight excluding hydrogens is 543 g/mol. The summed E-state index contributed by atoms with van der Waals surface area (Å²) in [5.74, 6) is -2.62. The van der Waals surface area contributed by atoms with E-state index in [4.69, 9.17) is 27.9 Å². The minimum atomic E-state index is -1.64. The van der Waals surface area contributed by atoms with E-state index in [-0.39, 0.29) is 23.0 Å². The van der Waals surface area contributed by atoms with Gasteiger partial charge in [0.25, 0.3) is 0 Å². The number of carbonyl (C=O) groups excluding carboxylic acids is 3. The number of ether oxygens (including phenoxy) is 1. The molecule has 1 fully saturated rings. The summed E-state index contributed by atoms with van der Waals surface area (Å²) in [7, 11) is 1.22. The summed E-state index contributed by atoms with van der Waals surface area (Å²) in [6.07, 6.45) is -1.66. The summed E-state index contributed by atoms with van der Waals surface area (Å²) in [6.45, 7) is 1.41. The molecule has 5 rings (SSSR count). The van der Waals surface area contributed by atoms with Gasteiger partial charge in [-0.25, -0.2) is 9.69 Å². The summed E-state index contributed by atoms with van der Waals surface area (Å²) in [4.78, 5) is 55.7. The van der Waals surface area contributed by atoms with E-state index in [0.717, 1.165) is 5.56 Å². The topological polar surface area (TPSA) is 104 Å². The molecule has 2 heterocycles. The molecule has 1 spiro atoms. The van der Waals surface area contributed by atoms with Gasteiger partial charge in [-0.05, 0) is 53.4 Å².